The van der Waals surface area contributed by atoms with E-state index in [0.717, 1.165) is 25.3 Å². The first-order valence-corrected chi connectivity index (χ1v) is 9.56. The van der Waals surface area contributed by atoms with Gasteiger partial charge in [0.1, 0.15) is 0 Å². The lowest BCUT2D eigenvalue weighted by Crippen LogP contribution is -2.52. The van der Waals surface area contributed by atoms with Crippen LogP contribution in [0, 0.1) is 0 Å². The summed E-state index contributed by atoms with van der Waals surface area (Å²) in [6.07, 6.45) is 3.60. The SMILES string of the molecule is O=C(NCCC1=CCCCC1)N1CCN(c2cccc(C(F)(F)F)c2)CC1. The van der Waals surface area contributed by atoms with Gasteiger partial charge in [-0.1, -0.05) is 17.7 Å². The number of halogens is 3. The van der Waals surface area contributed by atoms with E-state index in [1.54, 1.807) is 11.0 Å². The molecule has 1 aliphatic carbocycles. The lowest BCUT2D eigenvalue weighted by atomic mass is 9.97. The minimum absolute atomic E-state index is 0.0879. The Morgan fingerprint density at radius 1 is 1.11 bits per heavy atom. The number of urea groups is 1. The first-order chi connectivity index (χ1) is 12.9. The Kier molecular flexibility index (Phi) is 6.29. The molecule has 1 saturated heterocycles. The molecule has 1 aromatic rings. The van der Waals surface area contributed by atoms with Gasteiger partial charge in [0.2, 0.25) is 0 Å². The molecule has 0 saturated carbocycles. The van der Waals surface area contributed by atoms with Crippen LogP contribution in [-0.2, 0) is 6.18 Å². The Labute approximate surface area is 158 Å². The number of alkyl halides is 3. The van der Waals surface area contributed by atoms with Crippen LogP contribution in [0.1, 0.15) is 37.7 Å². The molecule has 0 bridgehead atoms. The molecule has 0 unspecified atom stereocenters. The summed E-state index contributed by atoms with van der Waals surface area (Å²) in [4.78, 5) is 15.9. The average Bonchev–Trinajstić information content (AvgIpc) is 2.68. The third-order valence-corrected chi connectivity index (χ3v) is 5.21. The first kappa shape index (κ1) is 19.6. The van der Waals surface area contributed by atoms with Gasteiger partial charge < -0.3 is 15.1 Å². The minimum atomic E-state index is -4.34. The summed E-state index contributed by atoms with van der Waals surface area (Å²) in [5.41, 5.74) is 1.34. The largest absolute Gasteiger partial charge is 0.416 e. The summed E-state index contributed by atoms with van der Waals surface area (Å²) in [6.45, 7) is 2.70. The number of benzene rings is 1. The van der Waals surface area contributed by atoms with Gasteiger partial charge in [-0.15, -0.1) is 0 Å². The standard InChI is InChI=1S/C20H26F3N3O/c21-20(22,23)17-7-4-8-18(15-17)25-11-13-26(14-12-25)19(27)24-10-9-16-5-2-1-3-6-16/h4-5,7-8,15H,1-3,6,9-14H2,(H,24,27). The van der Waals surface area contributed by atoms with Crippen molar-refractivity contribution in [1.82, 2.24) is 10.2 Å². The van der Waals surface area contributed by atoms with Crippen LogP contribution in [0.3, 0.4) is 0 Å². The number of piperazine rings is 1. The lowest BCUT2D eigenvalue weighted by molar-refractivity contribution is -0.137. The fourth-order valence-electron chi connectivity index (χ4n) is 3.62. The van der Waals surface area contributed by atoms with Crippen molar-refractivity contribution in [2.24, 2.45) is 0 Å². The maximum atomic E-state index is 12.9. The monoisotopic (exact) mass is 381 g/mol. The zero-order chi connectivity index (χ0) is 19.3. The van der Waals surface area contributed by atoms with Gasteiger partial charge in [-0.2, -0.15) is 13.2 Å². The fourth-order valence-corrected chi connectivity index (χ4v) is 3.62. The van der Waals surface area contributed by atoms with E-state index in [9.17, 15) is 18.0 Å². The van der Waals surface area contributed by atoms with Crippen molar-refractivity contribution in [2.45, 2.75) is 38.3 Å². The van der Waals surface area contributed by atoms with E-state index < -0.39 is 11.7 Å². The number of hydrogen-bond donors (Lipinski definition) is 1. The van der Waals surface area contributed by atoms with Crippen molar-refractivity contribution in [1.29, 1.82) is 0 Å². The van der Waals surface area contributed by atoms with Crippen LogP contribution in [0.2, 0.25) is 0 Å². The van der Waals surface area contributed by atoms with Crippen molar-refractivity contribution in [2.75, 3.05) is 37.6 Å². The van der Waals surface area contributed by atoms with Gasteiger partial charge in [0.25, 0.3) is 0 Å². The highest BCUT2D eigenvalue weighted by Gasteiger charge is 2.31. The Hall–Kier alpha value is -2.18. The molecule has 4 nitrogen and oxygen atoms in total. The van der Waals surface area contributed by atoms with Gasteiger partial charge in [-0.25, -0.2) is 4.79 Å². The Bertz CT molecular complexity index is 679. The van der Waals surface area contributed by atoms with E-state index >= 15 is 0 Å². The van der Waals surface area contributed by atoms with E-state index in [2.05, 4.69) is 11.4 Å². The molecule has 3 rings (SSSR count). The smallest absolute Gasteiger partial charge is 0.368 e. The molecular formula is C20H26F3N3O. The molecule has 148 valence electrons. The van der Waals surface area contributed by atoms with Crippen LogP contribution in [0.4, 0.5) is 23.7 Å². The van der Waals surface area contributed by atoms with Crippen LogP contribution < -0.4 is 10.2 Å². The maximum absolute atomic E-state index is 12.9. The van der Waals surface area contributed by atoms with E-state index in [0.29, 0.717) is 38.4 Å². The molecule has 0 atom stereocenters. The topological polar surface area (TPSA) is 35.6 Å². The molecule has 2 aliphatic rings. The molecule has 27 heavy (non-hydrogen) atoms. The molecule has 1 aromatic carbocycles. The molecule has 1 aliphatic heterocycles. The van der Waals surface area contributed by atoms with E-state index in [1.807, 2.05) is 4.90 Å². The Morgan fingerprint density at radius 3 is 2.56 bits per heavy atom. The number of nitrogens with zero attached hydrogens (tertiary/aromatic N) is 2. The summed E-state index contributed by atoms with van der Waals surface area (Å²) >= 11 is 0. The van der Waals surface area contributed by atoms with Crippen LogP contribution in [0.15, 0.2) is 35.9 Å². The molecule has 0 spiro atoms. The predicted octanol–water partition coefficient (Wildman–Crippen LogP) is 4.43. The Balaban J connectivity index is 1.45. The van der Waals surface area contributed by atoms with E-state index in [1.165, 1.54) is 30.5 Å². The van der Waals surface area contributed by atoms with E-state index in [-0.39, 0.29) is 6.03 Å². The van der Waals surface area contributed by atoms with Crippen molar-refractivity contribution in [3.05, 3.63) is 41.5 Å². The molecular weight excluding hydrogens is 355 g/mol. The average molecular weight is 381 g/mol. The molecule has 7 heteroatoms. The van der Waals surface area contributed by atoms with Gasteiger partial charge in [0, 0.05) is 38.4 Å². The van der Waals surface area contributed by atoms with Gasteiger partial charge in [-0.05, 0) is 50.3 Å². The fraction of sp³-hybridized carbons (Fsp3) is 0.550. The zero-order valence-electron chi connectivity index (χ0n) is 15.4. The molecule has 1 fully saturated rings. The van der Waals surface area contributed by atoms with Gasteiger partial charge in [0.15, 0.2) is 0 Å². The second kappa shape index (κ2) is 8.67. The number of anilines is 1. The Morgan fingerprint density at radius 2 is 1.89 bits per heavy atom. The summed E-state index contributed by atoms with van der Waals surface area (Å²) < 4.78 is 38.6. The van der Waals surface area contributed by atoms with Crippen LogP contribution in [0.25, 0.3) is 0 Å². The zero-order valence-corrected chi connectivity index (χ0v) is 15.4. The van der Waals surface area contributed by atoms with Crippen LogP contribution >= 0.6 is 0 Å². The minimum Gasteiger partial charge on any atom is -0.368 e. The van der Waals surface area contributed by atoms with Crippen LogP contribution in [-0.4, -0.2) is 43.7 Å². The molecule has 1 heterocycles. The second-order valence-corrected chi connectivity index (χ2v) is 7.11. The summed E-state index contributed by atoms with van der Waals surface area (Å²) in [5.74, 6) is 0. The quantitative estimate of drug-likeness (QED) is 0.784. The molecule has 1 N–H and O–H groups in total. The number of nitrogens with one attached hydrogen (secondary N) is 1. The van der Waals surface area contributed by atoms with Crippen molar-refractivity contribution < 1.29 is 18.0 Å². The third kappa shape index (κ3) is 5.40. The maximum Gasteiger partial charge on any atom is 0.416 e. The number of carbonyl (C=O) groups is 1. The molecule has 0 radical (unpaired) electrons. The second-order valence-electron chi connectivity index (χ2n) is 7.11. The number of amides is 2. The van der Waals surface area contributed by atoms with Gasteiger partial charge >= 0.3 is 12.2 Å². The number of allylic oxidation sites excluding steroid dienone is 1. The predicted molar refractivity (Wildman–Crippen MR) is 99.8 cm³/mol. The summed E-state index contributed by atoms with van der Waals surface area (Å²) in [7, 11) is 0. The van der Waals surface area contributed by atoms with Crippen LogP contribution in [0.5, 0.6) is 0 Å². The van der Waals surface area contributed by atoms with Crippen molar-refractivity contribution in [3.63, 3.8) is 0 Å². The van der Waals surface area contributed by atoms with Gasteiger partial charge in [-0.3, -0.25) is 0 Å². The third-order valence-electron chi connectivity index (χ3n) is 5.21. The van der Waals surface area contributed by atoms with E-state index in [4.69, 9.17) is 0 Å². The lowest BCUT2D eigenvalue weighted by Gasteiger charge is -2.36. The first-order valence-electron chi connectivity index (χ1n) is 9.56. The highest BCUT2D eigenvalue weighted by atomic mass is 19.4. The summed E-state index contributed by atoms with van der Waals surface area (Å²) in [6, 6.07) is 5.28. The number of rotatable bonds is 4. The number of hydrogen-bond acceptors (Lipinski definition) is 2. The highest BCUT2D eigenvalue weighted by Crippen LogP contribution is 2.31. The summed E-state index contributed by atoms with van der Waals surface area (Å²) in [5, 5.41) is 2.96. The van der Waals surface area contributed by atoms with Crippen molar-refractivity contribution >= 4 is 11.7 Å². The van der Waals surface area contributed by atoms with Gasteiger partial charge in [0.05, 0.1) is 5.56 Å². The normalized spacial score (nSPS) is 18.3. The molecule has 2 amide bonds. The highest BCUT2D eigenvalue weighted by molar-refractivity contribution is 5.74. The van der Waals surface area contributed by atoms with Crippen molar-refractivity contribution in [3.8, 4) is 0 Å². The molecule has 0 aromatic heterocycles. The number of carbonyl (C=O) groups excluding carboxylic acids is 1.